The molecule has 1 aromatic rings. The fraction of sp³-hybridized carbons (Fsp3) is 0.500. The van der Waals surface area contributed by atoms with Crippen LogP contribution in [0.15, 0.2) is 18.2 Å². The second-order valence-corrected chi connectivity index (χ2v) is 3.84. The number of hydrogen-bond acceptors (Lipinski definition) is 3. The number of ether oxygens (including phenoxy) is 1. The van der Waals surface area contributed by atoms with E-state index in [9.17, 15) is 9.50 Å². The molecular formula is C12H18FNO2. The van der Waals surface area contributed by atoms with Crippen LogP contribution in [0.3, 0.4) is 0 Å². The summed E-state index contributed by atoms with van der Waals surface area (Å²) in [6.07, 6.45) is 0.111. The van der Waals surface area contributed by atoms with E-state index in [0.717, 1.165) is 0 Å². The third-order valence-electron chi connectivity index (χ3n) is 2.36. The quantitative estimate of drug-likeness (QED) is 0.808. The number of nitrogens with two attached hydrogens (primary N) is 1. The lowest BCUT2D eigenvalue weighted by Gasteiger charge is -2.15. The van der Waals surface area contributed by atoms with Crippen LogP contribution in [-0.4, -0.2) is 17.8 Å². The van der Waals surface area contributed by atoms with Gasteiger partial charge in [-0.1, -0.05) is 6.92 Å². The van der Waals surface area contributed by atoms with Gasteiger partial charge in [-0.2, -0.15) is 0 Å². The van der Waals surface area contributed by atoms with Gasteiger partial charge < -0.3 is 15.6 Å². The molecule has 1 aromatic carbocycles. The molecule has 90 valence electrons. The Balaban J connectivity index is 2.78. The Morgan fingerprint density at radius 1 is 1.50 bits per heavy atom. The third kappa shape index (κ3) is 3.47. The van der Waals surface area contributed by atoms with Crippen molar-refractivity contribution in [3.05, 3.63) is 29.6 Å². The van der Waals surface area contributed by atoms with Gasteiger partial charge in [0.25, 0.3) is 0 Å². The molecule has 4 heteroatoms. The summed E-state index contributed by atoms with van der Waals surface area (Å²) in [6, 6.07) is 3.92. The van der Waals surface area contributed by atoms with Crippen LogP contribution in [0.25, 0.3) is 0 Å². The summed E-state index contributed by atoms with van der Waals surface area (Å²) in [6.45, 7) is 3.82. The number of halogens is 1. The van der Waals surface area contributed by atoms with E-state index >= 15 is 0 Å². The van der Waals surface area contributed by atoms with Crippen molar-refractivity contribution in [1.29, 1.82) is 0 Å². The van der Waals surface area contributed by atoms with E-state index in [1.807, 2.05) is 6.92 Å². The summed E-state index contributed by atoms with van der Waals surface area (Å²) >= 11 is 0. The molecule has 0 aliphatic rings. The molecule has 0 aromatic heterocycles. The molecule has 3 N–H and O–H groups in total. The molecular weight excluding hydrogens is 209 g/mol. The van der Waals surface area contributed by atoms with Gasteiger partial charge in [0.05, 0.1) is 6.10 Å². The average molecular weight is 227 g/mol. The summed E-state index contributed by atoms with van der Waals surface area (Å²) in [5, 5.41) is 9.37. The van der Waals surface area contributed by atoms with Gasteiger partial charge in [-0.3, -0.25) is 0 Å². The van der Waals surface area contributed by atoms with Crippen molar-refractivity contribution in [2.24, 2.45) is 5.73 Å². The first-order chi connectivity index (χ1) is 7.54. The van der Waals surface area contributed by atoms with E-state index in [1.165, 1.54) is 18.2 Å². The first kappa shape index (κ1) is 12.9. The minimum Gasteiger partial charge on any atom is -0.491 e. The molecule has 0 saturated heterocycles. The van der Waals surface area contributed by atoms with Gasteiger partial charge >= 0.3 is 0 Å². The molecule has 0 saturated carbocycles. The van der Waals surface area contributed by atoms with Crippen molar-refractivity contribution in [2.75, 3.05) is 6.61 Å². The van der Waals surface area contributed by atoms with Gasteiger partial charge in [0.15, 0.2) is 0 Å². The van der Waals surface area contributed by atoms with Gasteiger partial charge in [-0.05, 0) is 31.5 Å². The fourth-order valence-electron chi connectivity index (χ4n) is 1.31. The maximum absolute atomic E-state index is 13.0. The standard InChI is InChI=1S/C12H18FNO2/c1-3-10(15)7-16-12-5-4-9(13)6-11(12)8(2)14/h4-6,8,10,15H,3,7,14H2,1-2H3/t8-,10?/m1/s1. The summed E-state index contributed by atoms with van der Waals surface area (Å²) in [5.41, 5.74) is 6.33. The van der Waals surface area contributed by atoms with E-state index in [1.54, 1.807) is 6.92 Å². The van der Waals surface area contributed by atoms with E-state index < -0.39 is 6.10 Å². The molecule has 0 bridgehead atoms. The molecule has 2 atom stereocenters. The molecule has 0 fully saturated rings. The highest BCUT2D eigenvalue weighted by molar-refractivity contribution is 5.36. The van der Waals surface area contributed by atoms with Gasteiger partial charge in [0, 0.05) is 11.6 Å². The number of benzene rings is 1. The molecule has 1 unspecified atom stereocenters. The van der Waals surface area contributed by atoms with Crippen LogP contribution >= 0.6 is 0 Å². The fourth-order valence-corrected chi connectivity index (χ4v) is 1.31. The topological polar surface area (TPSA) is 55.5 Å². The Morgan fingerprint density at radius 2 is 2.19 bits per heavy atom. The Morgan fingerprint density at radius 3 is 2.75 bits per heavy atom. The summed E-state index contributed by atoms with van der Waals surface area (Å²) < 4.78 is 18.4. The lowest BCUT2D eigenvalue weighted by atomic mass is 10.1. The van der Waals surface area contributed by atoms with Gasteiger partial charge in [-0.15, -0.1) is 0 Å². The predicted octanol–water partition coefficient (Wildman–Crippen LogP) is 2.00. The molecule has 0 aliphatic heterocycles. The highest BCUT2D eigenvalue weighted by Crippen LogP contribution is 2.24. The van der Waals surface area contributed by atoms with Crippen molar-refractivity contribution in [2.45, 2.75) is 32.4 Å². The monoisotopic (exact) mass is 227 g/mol. The molecule has 3 nitrogen and oxygen atoms in total. The van der Waals surface area contributed by atoms with Crippen molar-refractivity contribution >= 4 is 0 Å². The highest BCUT2D eigenvalue weighted by Gasteiger charge is 2.11. The normalized spacial score (nSPS) is 14.6. The lowest BCUT2D eigenvalue weighted by molar-refractivity contribution is 0.103. The second-order valence-electron chi connectivity index (χ2n) is 3.84. The lowest BCUT2D eigenvalue weighted by Crippen LogP contribution is -2.17. The average Bonchev–Trinajstić information content (AvgIpc) is 2.26. The molecule has 0 aliphatic carbocycles. The molecule has 0 spiro atoms. The van der Waals surface area contributed by atoms with E-state index in [2.05, 4.69) is 0 Å². The van der Waals surface area contributed by atoms with Gasteiger partial charge in [-0.25, -0.2) is 4.39 Å². The maximum atomic E-state index is 13.0. The van der Waals surface area contributed by atoms with Crippen LogP contribution < -0.4 is 10.5 Å². The molecule has 0 amide bonds. The predicted molar refractivity (Wildman–Crippen MR) is 60.8 cm³/mol. The highest BCUT2D eigenvalue weighted by atomic mass is 19.1. The minimum atomic E-state index is -0.508. The molecule has 0 heterocycles. The second kappa shape index (κ2) is 5.82. The zero-order chi connectivity index (χ0) is 12.1. The van der Waals surface area contributed by atoms with Crippen molar-refractivity contribution in [3.8, 4) is 5.75 Å². The number of rotatable bonds is 5. The van der Waals surface area contributed by atoms with Crippen LogP contribution in [0.2, 0.25) is 0 Å². The van der Waals surface area contributed by atoms with Crippen LogP contribution in [0.4, 0.5) is 4.39 Å². The van der Waals surface area contributed by atoms with Crippen molar-refractivity contribution in [3.63, 3.8) is 0 Å². The van der Waals surface area contributed by atoms with E-state index in [0.29, 0.717) is 17.7 Å². The Labute approximate surface area is 95.0 Å². The number of aliphatic hydroxyl groups is 1. The van der Waals surface area contributed by atoms with Crippen LogP contribution in [0.1, 0.15) is 31.9 Å². The Bertz CT molecular complexity index is 342. The first-order valence-electron chi connectivity index (χ1n) is 5.40. The van der Waals surface area contributed by atoms with Crippen LogP contribution in [0.5, 0.6) is 5.75 Å². The summed E-state index contributed by atoms with van der Waals surface area (Å²) in [7, 11) is 0. The van der Waals surface area contributed by atoms with Crippen molar-refractivity contribution < 1.29 is 14.2 Å². The first-order valence-corrected chi connectivity index (χ1v) is 5.40. The molecule has 16 heavy (non-hydrogen) atoms. The SMILES string of the molecule is CCC(O)COc1ccc(F)cc1[C@@H](C)N. The third-order valence-corrected chi connectivity index (χ3v) is 2.36. The zero-order valence-corrected chi connectivity index (χ0v) is 9.61. The minimum absolute atomic E-state index is 0.196. The molecule has 1 rings (SSSR count). The maximum Gasteiger partial charge on any atom is 0.124 e. The smallest absolute Gasteiger partial charge is 0.124 e. The van der Waals surface area contributed by atoms with E-state index in [4.69, 9.17) is 10.5 Å². The summed E-state index contributed by atoms with van der Waals surface area (Å²) in [5.74, 6) is 0.194. The van der Waals surface area contributed by atoms with Gasteiger partial charge in [0.2, 0.25) is 0 Å². The number of aliphatic hydroxyl groups excluding tert-OH is 1. The zero-order valence-electron chi connectivity index (χ0n) is 9.61. The van der Waals surface area contributed by atoms with E-state index in [-0.39, 0.29) is 18.5 Å². The van der Waals surface area contributed by atoms with Crippen LogP contribution in [-0.2, 0) is 0 Å². The largest absolute Gasteiger partial charge is 0.491 e. The Kier molecular flexibility index (Phi) is 4.71. The number of hydrogen-bond donors (Lipinski definition) is 2. The van der Waals surface area contributed by atoms with Crippen molar-refractivity contribution in [1.82, 2.24) is 0 Å². The van der Waals surface area contributed by atoms with Crippen LogP contribution in [0, 0.1) is 5.82 Å². The van der Waals surface area contributed by atoms with Gasteiger partial charge in [0.1, 0.15) is 18.2 Å². The summed E-state index contributed by atoms with van der Waals surface area (Å²) in [4.78, 5) is 0. The molecule has 0 radical (unpaired) electrons. The Hall–Kier alpha value is -1.13.